The minimum absolute atomic E-state index is 0.125. The SMILES string of the molecule is O=C(O)C(c1c[nH]c2cccc(F)c12)C(F)(F)F. The monoisotopic (exact) mass is 261 g/mol. The second-order valence-electron chi connectivity index (χ2n) is 3.72. The summed E-state index contributed by atoms with van der Waals surface area (Å²) in [5, 5.41) is 8.33. The standard InChI is InChI=1S/C11H7F4NO2/c12-6-2-1-3-7-8(6)5(4-16-7)9(10(17)18)11(13,14)15/h1-4,9,16H,(H,17,18). The largest absolute Gasteiger partial charge is 0.481 e. The molecule has 96 valence electrons. The molecule has 0 aliphatic rings. The number of fused-ring (bicyclic) bond motifs is 1. The molecule has 2 aromatic rings. The van der Waals surface area contributed by atoms with E-state index in [-0.39, 0.29) is 10.9 Å². The fourth-order valence-electron chi connectivity index (χ4n) is 1.84. The number of aliphatic carboxylic acids is 1. The van der Waals surface area contributed by atoms with Crippen LogP contribution in [0.4, 0.5) is 17.6 Å². The number of halogens is 4. The summed E-state index contributed by atoms with van der Waals surface area (Å²) in [7, 11) is 0. The molecule has 2 rings (SSSR count). The average Bonchev–Trinajstić information content (AvgIpc) is 2.60. The van der Waals surface area contributed by atoms with Crippen LogP contribution in [0, 0.1) is 5.82 Å². The van der Waals surface area contributed by atoms with E-state index in [9.17, 15) is 22.4 Å². The zero-order valence-corrected chi connectivity index (χ0v) is 8.75. The Morgan fingerprint density at radius 2 is 2.00 bits per heavy atom. The number of hydrogen-bond acceptors (Lipinski definition) is 1. The molecule has 0 saturated carbocycles. The van der Waals surface area contributed by atoms with Crippen molar-refractivity contribution in [1.29, 1.82) is 0 Å². The van der Waals surface area contributed by atoms with Crippen LogP contribution in [0.15, 0.2) is 24.4 Å². The number of H-pyrrole nitrogens is 1. The lowest BCUT2D eigenvalue weighted by molar-refractivity contribution is -0.176. The van der Waals surface area contributed by atoms with Crippen molar-refractivity contribution in [3.8, 4) is 0 Å². The number of aromatic nitrogens is 1. The maximum Gasteiger partial charge on any atom is 0.406 e. The Kier molecular flexibility index (Phi) is 2.76. The Morgan fingerprint density at radius 3 is 2.56 bits per heavy atom. The van der Waals surface area contributed by atoms with E-state index in [4.69, 9.17) is 5.11 Å². The van der Waals surface area contributed by atoms with Crippen LogP contribution in [0.2, 0.25) is 0 Å². The summed E-state index contributed by atoms with van der Waals surface area (Å²) in [6.45, 7) is 0. The molecule has 2 N–H and O–H groups in total. The van der Waals surface area contributed by atoms with Crippen molar-refractivity contribution in [1.82, 2.24) is 4.98 Å². The maximum absolute atomic E-state index is 13.5. The first-order valence-corrected chi connectivity index (χ1v) is 4.87. The third kappa shape index (κ3) is 1.92. The lowest BCUT2D eigenvalue weighted by Gasteiger charge is -2.15. The first kappa shape index (κ1) is 12.4. The Hall–Kier alpha value is -2.05. The van der Waals surface area contributed by atoms with Gasteiger partial charge in [0, 0.05) is 22.7 Å². The molecule has 7 heteroatoms. The second kappa shape index (κ2) is 4.01. The van der Waals surface area contributed by atoms with Crippen molar-refractivity contribution in [3.63, 3.8) is 0 Å². The van der Waals surface area contributed by atoms with E-state index in [2.05, 4.69) is 4.98 Å². The molecule has 0 saturated heterocycles. The van der Waals surface area contributed by atoms with E-state index < -0.39 is 29.4 Å². The highest BCUT2D eigenvalue weighted by molar-refractivity contribution is 5.90. The highest BCUT2D eigenvalue weighted by Crippen LogP contribution is 2.39. The van der Waals surface area contributed by atoms with Gasteiger partial charge in [-0.05, 0) is 12.1 Å². The van der Waals surface area contributed by atoms with Gasteiger partial charge in [-0.25, -0.2) is 4.39 Å². The van der Waals surface area contributed by atoms with E-state index in [1.165, 1.54) is 12.1 Å². The van der Waals surface area contributed by atoms with Crippen LogP contribution in [-0.2, 0) is 4.79 Å². The zero-order valence-electron chi connectivity index (χ0n) is 8.75. The van der Waals surface area contributed by atoms with Crippen LogP contribution < -0.4 is 0 Å². The predicted molar refractivity (Wildman–Crippen MR) is 54.7 cm³/mol. The molecule has 1 aromatic heterocycles. The Bertz CT molecular complexity index is 603. The van der Waals surface area contributed by atoms with Crippen molar-refractivity contribution in [2.45, 2.75) is 12.1 Å². The topological polar surface area (TPSA) is 53.1 Å². The van der Waals surface area contributed by atoms with E-state index in [1.54, 1.807) is 0 Å². The average molecular weight is 261 g/mol. The molecule has 1 aromatic carbocycles. The van der Waals surface area contributed by atoms with Gasteiger partial charge in [0.15, 0.2) is 5.92 Å². The summed E-state index contributed by atoms with van der Waals surface area (Å²) in [5.41, 5.74) is -0.497. The maximum atomic E-state index is 13.5. The fourth-order valence-corrected chi connectivity index (χ4v) is 1.84. The highest BCUT2D eigenvalue weighted by Gasteiger charge is 2.47. The molecule has 18 heavy (non-hydrogen) atoms. The Balaban J connectivity index is 2.70. The summed E-state index contributed by atoms with van der Waals surface area (Å²) < 4.78 is 51.5. The van der Waals surface area contributed by atoms with Gasteiger partial charge in [0.05, 0.1) is 0 Å². The van der Waals surface area contributed by atoms with E-state index in [0.717, 1.165) is 12.3 Å². The number of hydrogen-bond donors (Lipinski definition) is 2. The van der Waals surface area contributed by atoms with Crippen LogP contribution in [0.5, 0.6) is 0 Å². The molecule has 0 spiro atoms. The van der Waals surface area contributed by atoms with Crippen molar-refractivity contribution in [3.05, 3.63) is 35.8 Å². The number of alkyl halides is 3. The second-order valence-corrected chi connectivity index (χ2v) is 3.72. The number of carboxylic acid groups (broad SMARTS) is 1. The van der Waals surface area contributed by atoms with Crippen molar-refractivity contribution < 1.29 is 27.5 Å². The van der Waals surface area contributed by atoms with Crippen LogP contribution in [0.25, 0.3) is 10.9 Å². The molecular weight excluding hydrogens is 254 g/mol. The first-order valence-electron chi connectivity index (χ1n) is 4.87. The quantitative estimate of drug-likeness (QED) is 0.816. The third-order valence-corrected chi connectivity index (χ3v) is 2.57. The van der Waals surface area contributed by atoms with Crippen LogP contribution in [-0.4, -0.2) is 22.2 Å². The summed E-state index contributed by atoms with van der Waals surface area (Å²) in [4.78, 5) is 13.2. The number of carbonyl (C=O) groups is 1. The molecule has 1 atom stereocenters. The molecule has 0 aliphatic carbocycles. The fraction of sp³-hybridized carbons (Fsp3) is 0.182. The van der Waals surface area contributed by atoms with Gasteiger partial charge in [-0.2, -0.15) is 13.2 Å². The van der Waals surface area contributed by atoms with E-state index in [0.29, 0.717) is 0 Å². The molecule has 1 heterocycles. The van der Waals surface area contributed by atoms with Gasteiger partial charge in [-0.15, -0.1) is 0 Å². The summed E-state index contributed by atoms with van der Waals surface area (Å²) in [5.74, 6) is -5.70. The summed E-state index contributed by atoms with van der Waals surface area (Å²) in [6.07, 6.45) is -4.11. The lowest BCUT2D eigenvalue weighted by atomic mass is 9.98. The van der Waals surface area contributed by atoms with Gasteiger partial charge in [0.25, 0.3) is 0 Å². The van der Waals surface area contributed by atoms with Crippen LogP contribution >= 0.6 is 0 Å². The molecule has 0 radical (unpaired) electrons. The van der Waals surface area contributed by atoms with Gasteiger partial charge in [0.2, 0.25) is 0 Å². The van der Waals surface area contributed by atoms with Crippen LogP contribution in [0.3, 0.4) is 0 Å². The van der Waals surface area contributed by atoms with Crippen molar-refractivity contribution >= 4 is 16.9 Å². The molecule has 0 aliphatic heterocycles. The summed E-state index contributed by atoms with van der Waals surface area (Å²) >= 11 is 0. The van der Waals surface area contributed by atoms with E-state index in [1.807, 2.05) is 0 Å². The molecule has 3 nitrogen and oxygen atoms in total. The van der Waals surface area contributed by atoms with Gasteiger partial charge in [-0.3, -0.25) is 4.79 Å². The predicted octanol–water partition coefficient (Wildman–Crippen LogP) is 3.04. The molecular formula is C11H7F4NO2. The first-order chi connectivity index (χ1) is 8.32. The lowest BCUT2D eigenvalue weighted by Crippen LogP contribution is -2.28. The van der Waals surface area contributed by atoms with E-state index >= 15 is 0 Å². The van der Waals surface area contributed by atoms with Gasteiger partial charge in [-0.1, -0.05) is 6.07 Å². The number of nitrogens with one attached hydrogen (secondary N) is 1. The Morgan fingerprint density at radius 1 is 1.33 bits per heavy atom. The van der Waals surface area contributed by atoms with Gasteiger partial charge < -0.3 is 10.1 Å². The number of aromatic amines is 1. The number of rotatable bonds is 2. The smallest absolute Gasteiger partial charge is 0.406 e. The normalized spacial score (nSPS) is 13.8. The van der Waals surface area contributed by atoms with Crippen molar-refractivity contribution in [2.75, 3.05) is 0 Å². The number of benzene rings is 1. The highest BCUT2D eigenvalue weighted by atomic mass is 19.4. The summed E-state index contributed by atoms with van der Waals surface area (Å²) in [6, 6.07) is 3.67. The molecule has 0 amide bonds. The van der Waals surface area contributed by atoms with Gasteiger partial charge in [0.1, 0.15) is 5.82 Å². The van der Waals surface area contributed by atoms with Gasteiger partial charge >= 0.3 is 12.1 Å². The molecule has 0 fully saturated rings. The van der Waals surface area contributed by atoms with Crippen LogP contribution in [0.1, 0.15) is 11.5 Å². The Labute approximate surface area is 98.0 Å². The number of carboxylic acids is 1. The minimum atomic E-state index is -4.98. The van der Waals surface area contributed by atoms with Crippen molar-refractivity contribution in [2.24, 2.45) is 0 Å². The molecule has 0 bridgehead atoms. The zero-order chi connectivity index (χ0) is 13.5. The minimum Gasteiger partial charge on any atom is -0.481 e. The third-order valence-electron chi connectivity index (χ3n) is 2.57. The molecule has 1 unspecified atom stereocenters.